The molecule has 0 radical (unpaired) electrons. The molecule has 3 aromatic rings. The van der Waals surface area contributed by atoms with Crippen molar-refractivity contribution in [1.82, 2.24) is 14.4 Å². The molecule has 46 heavy (non-hydrogen) atoms. The number of hydrogen-bond acceptors (Lipinski definition) is 4. The zero-order valence-electron chi connectivity index (χ0n) is 27.2. The number of carboxylic acid groups (broad SMARTS) is 1. The van der Waals surface area contributed by atoms with Gasteiger partial charge in [0.1, 0.15) is 12.1 Å². The monoisotopic (exact) mass is 621 g/mol. The lowest BCUT2D eigenvalue weighted by Crippen LogP contribution is -2.44. The zero-order valence-corrected chi connectivity index (χ0v) is 27.2. The Hall–Kier alpha value is -4.59. The minimum absolute atomic E-state index is 0.0852. The van der Waals surface area contributed by atoms with Gasteiger partial charge in [-0.2, -0.15) is 0 Å². The molecule has 1 fully saturated rings. The van der Waals surface area contributed by atoms with Crippen molar-refractivity contribution < 1.29 is 24.2 Å². The number of fused-ring (bicyclic) bond motifs is 1. The van der Waals surface area contributed by atoms with Gasteiger partial charge in [-0.3, -0.25) is 9.59 Å². The van der Waals surface area contributed by atoms with Crippen LogP contribution in [0.1, 0.15) is 70.1 Å². The number of ether oxygens (including phenoxy) is 1. The van der Waals surface area contributed by atoms with Crippen LogP contribution >= 0.6 is 0 Å². The van der Waals surface area contributed by atoms with E-state index in [2.05, 4.69) is 55.5 Å². The third-order valence-corrected chi connectivity index (χ3v) is 9.14. The summed E-state index contributed by atoms with van der Waals surface area (Å²) in [6, 6.07) is 16.3. The highest BCUT2D eigenvalue weighted by molar-refractivity contribution is 6.03. The maximum absolute atomic E-state index is 14.8. The number of carboxylic acids is 1. The SMILES string of the molecule is CC(C)(C)OC(=O)N1CCC(c2cccc(C3(C)C=CC=CC3)c2)=C(C(=O)N(Cc2cn(CC(=O)O)c3ccccc23)C2CC2)C1. The van der Waals surface area contributed by atoms with Gasteiger partial charge in [-0.25, -0.2) is 4.79 Å². The summed E-state index contributed by atoms with van der Waals surface area (Å²) in [6.07, 6.45) is 13.3. The Morgan fingerprint density at radius 1 is 1.07 bits per heavy atom. The lowest BCUT2D eigenvalue weighted by molar-refractivity contribution is -0.137. The Bertz CT molecular complexity index is 1770. The molecule has 2 aromatic carbocycles. The summed E-state index contributed by atoms with van der Waals surface area (Å²) in [7, 11) is 0. The van der Waals surface area contributed by atoms with Gasteiger partial charge < -0.3 is 24.2 Å². The number of benzene rings is 2. The molecule has 1 aromatic heterocycles. The number of aromatic nitrogens is 1. The average Bonchev–Trinajstić information content (AvgIpc) is 3.81. The van der Waals surface area contributed by atoms with Gasteiger partial charge in [0.15, 0.2) is 0 Å². The Morgan fingerprint density at radius 2 is 1.85 bits per heavy atom. The average molecular weight is 622 g/mol. The number of rotatable bonds is 8. The predicted octanol–water partition coefficient (Wildman–Crippen LogP) is 7.09. The molecule has 2 aliphatic carbocycles. The molecule has 8 heteroatoms. The Balaban J connectivity index is 1.39. The summed E-state index contributed by atoms with van der Waals surface area (Å²) < 4.78 is 7.47. The molecular formula is C38H43N3O5. The van der Waals surface area contributed by atoms with Gasteiger partial charge >= 0.3 is 12.1 Å². The molecule has 1 saturated carbocycles. The summed E-state index contributed by atoms with van der Waals surface area (Å²) in [4.78, 5) is 43.2. The van der Waals surface area contributed by atoms with E-state index in [1.165, 1.54) is 5.56 Å². The Morgan fingerprint density at radius 3 is 2.54 bits per heavy atom. The van der Waals surface area contributed by atoms with E-state index in [0.717, 1.165) is 46.9 Å². The number of amides is 2. The lowest BCUT2D eigenvalue weighted by Gasteiger charge is -2.35. The third kappa shape index (κ3) is 6.66. The fourth-order valence-corrected chi connectivity index (χ4v) is 6.60. The van der Waals surface area contributed by atoms with E-state index < -0.39 is 17.7 Å². The second-order valence-corrected chi connectivity index (χ2v) is 14.0. The van der Waals surface area contributed by atoms with Gasteiger partial charge in [-0.05, 0) is 74.8 Å². The van der Waals surface area contributed by atoms with Crippen LogP contribution in [0, 0.1) is 0 Å². The molecule has 1 N–H and O–H groups in total. The van der Waals surface area contributed by atoms with Crippen molar-refractivity contribution in [3.63, 3.8) is 0 Å². The highest BCUT2D eigenvalue weighted by Gasteiger charge is 2.38. The summed E-state index contributed by atoms with van der Waals surface area (Å²) in [6.45, 7) is 8.59. The number of nitrogens with zero attached hydrogens (tertiary/aromatic N) is 3. The first-order valence-electron chi connectivity index (χ1n) is 16.2. The van der Waals surface area contributed by atoms with Crippen LogP contribution in [-0.4, -0.2) is 62.2 Å². The lowest BCUT2D eigenvalue weighted by atomic mass is 9.76. The molecule has 6 rings (SSSR count). The molecule has 0 bridgehead atoms. The molecule has 2 heterocycles. The van der Waals surface area contributed by atoms with Crippen LogP contribution in [0.25, 0.3) is 16.5 Å². The van der Waals surface area contributed by atoms with E-state index in [9.17, 15) is 19.5 Å². The topological polar surface area (TPSA) is 92.1 Å². The number of para-hydroxylation sites is 1. The van der Waals surface area contributed by atoms with Crippen molar-refractivity contribution in [2.24, 2.45) is 0 Å². The first-order chi connectivity index (χ1) is 21.9. The molecule has 1 atom stereocenters. The minimum Gasteiger partial charge on any atom is -0.480 e. The highest BCUT2D eigenvalue weighted by Crippen LogP contribution is 2.38. The van der Waals surface area contributed by atoms with Crippen molar-refractivity contribution in [3.8, 4) is 0 Å². The maximum atomic E-state index is 14.8. The summed E-state index contributed by atoms with van der Waals surface area (Å²) in [5.41, 5.74) is 4.70. The van der Waals surface area contributed by atoms with Gasteiger partial charge in [0, 0.05) is 47.2 Å². The summed E-state index contributed by atoms with van der Waals surface area (Å²) in [5, 5.41) is 10.5. The number of carbonyl (C=O) groups excluding carboxylic acids is 2. The highest BCUT2D eigenvalue weighted by atomic mass is 16.6. The molecule has 2 amide bonds. The molecule has 0 saturated heterocycles. The third-order valence-electron chi connectivity index (χ3n) is 9.14. The number of allylic oxidation sites excluding steroid dienone is 4. The first-order valence-corrected chi connectivity index (χ1v) is 16.2. The van der Waals surface area contributed by atoms with Crippen LogP contribution in [-0.2, 0) is 32.8 Å². The van der Waals surface area contributed by atoms with Gasteiger partial charge in [-0.1, -0.05) is 73.7 Å². The van der Waals surface area contributed by atoms with Crippen molar-refractivity contribution in [3.05, 3.63) is 101 Å². The van der Waals surface area contributed by atoms with E-state index in [1.807, 2.05) is 56.1 Å². The smallest absolute Gasteiger partial charge is 0.410 e. The van der Waals surface area contributed by atoms with Crippen molar-refractivity contribution in [1.29, 1.82) is 0 Å². The number of aliphatic carboxylic acids is 1. The second-order valence-electron chi connectivity index (χ2n) is 14.0. The standard InChI is InChI=1S/C38H43N3O5/c1-37(2,3)46-36(45)39-20-17-30(26-11-10-12-28(21-26)38(4)18-8-5-9-19-38)32(24-39)35(44)41(29-15-16-29)23-27-22-40(25-34(42)43)33-14-7-6-13-31(27)33/h5-14,18,21-22,29H,15-17,19-20,23-25H2,1-4H3,(H,42,43). The fourth-order valence-electron chi connectivity index (χ4n) is 6.60. The van der Waals surface area contributed by atoms with Crippen molar-refractivity contribution >= 4 is 34.4 Å². The van der Waals surface area contributed by atoms with Crippen molar-refractivity contribution in [2.45, 2.75) is 83.5 Å². The van der Waals surface area contributed by atoms with Crippen LogP contribution in [0.3, 0.4) is 0 Å². The Labute approximate surface area is 270 Å². The van der Waals surface area contributed by atoms with Crippen molar-refractivity contribution in [2.75, 3.05) is 13.1 Å². The minimum atomic E-state index is -0.919. The van der Waals surface area contributed by atoms with E-state index in [4.69, 9.17) is 4.74 Å². The first kappa shape index (κ1) is 31.4. The van der Waals surface area contributed by atoms with E-state index in [0.29, 0.717) is 25.1 Å². The quantitative estimate of drug-likeness (QED) is 0.290. The molecule has 1 unspecified atom stereocenters. The number of carbonyl (C=O) groups is 3. The molecular weight excluding hydrogens is 578 g/mol. The van der Waals surface area contributed by atoms with E-state index in [-0.39, 0.29) is 30.5 Å². The maximum Gasteiger partial charge on any atom is 0.410 e. The van der Waals surface area contributed by atoms with Crippen LogP contribution in [0.5, 0.6) is 0 Å². The largest absolute Gasteiger partial charge is 0.480 e. The second kappa shape index (κ2) is 12.3. The van der Waals surface area contributed by atoms with Gasteiger partial charge in [0.05, 0.1) is 6.54 Å². The van der Waals surface area contributed by atoms with E-state index >= 15 is 0 Å². The van der Waals surface area contributed by atoms with Gasteiger partial charge in [0.2, 0.25) is 0 Å². The van der Waals surface area contributed by atoms with Crippen LogP contribution in [0.4, 0.5) is 4.79 Å². The fraction of sp³-hybridized carbons (Fsp3) is 0.395. The Kier molecular flexibility index (Phi) is 8.40. The molecule has 3 aliphatic rings. The molecule has 1 aliphatic heterocycles. The molecule has 240 valence electrons. The normalized spacial score (nSPS) is 19.9. The number of hydrogen-bond donors (Lipinski definition) is 1. The van der Waals surface area contributed by atoms with Crippen LogP contribution in [0.15, 0.2) is 84.6 Å². The molecule has 8 nitrogen and oxygen atoms in total. The van der Waals surface area contributed by atoms with E-state index in [1.54, 1.807) is 9.47 Å². The zero-order chi connectivity index (χ0) is 32.6. The van der Waals surface area contributed by atoms with Crippen LogP contribution < -0.4 is 0 Å². The van der Waals surface area contributed by atoms with Crippen LogP contribution in [0.2, 0.25) is 0 Å². The molecule has 0 spiro atoms. The van der Waals surface area contributed by atoms with Gasteiger partial charge in [0.25, 0.3) is 5.91 Å². The van der Waals surface area contributed by atoms with Gasteiger partial charge in [-0.15, -0.1) is 0 Å². The predicted molar refractivity (Wildman–Crippen MR) is 179 cm³/mol. The summed E-state index contributed by atoms with van der Waals surface area (Å²) >= 11 is 0. The summed E-state index contributed by atoms with van der Waals surface area (Å²) in [5.74, 6) is -1.00.